The van der Waals surface area contributed by atoms with Gasteiger partial charge in [-0.2, -0.15) is 0 Å². The predicted molar refractivity (Wildman–Crippen MR) is 124 cm³/mol. The van der Waals surface area contributed by atoms with Crippen LogP contribution < -0.4 is 20.7 Å². The summed E-state index contributed by atoms with van der Waals surface area (Å²) < 4.78 is 5.24. The van der Waals surface area contributed by atoms with Gasteiger partial charge in [-0.1, -0.05) is 17.7 Å². The van der Waals surface area contributed by atoms with Crippen molar-refractivity contribution in [2.75, 3.05) is 29.6 Å². The number of hydrogen-bond donors (Lipinski definition) is 3. The zero-order valence-corrected chi connectivity index (χ0v) is 18.1. The Morgan fingerprint density at radius 3 is 2.87 bits per heavy atom. The molecule has 0 unspecified atom stereocenters. The van der Waals surface area contributed by atoms with Crippen LogP contribution in [0.25, 0.3) is 10.9 Å². The number of hydrogen-bond acceptors (Lipinski definition) is 7. The highest BCUT2D eigenvalue weighted by atomic mass is 35.5. The van der Waals surface area contributed by atoms with E-state index in [-0.39, 0.29) is 6.03 Å². The first-order valence-electron chi connectivity index (χ1n) is 9.41. The SMILES string of the molecule is COc1ccc2c(NCCc3cnc(NC(=O)Nc4cccc(Cl)c4)s3)ncnc2c1. The van der Waals surface area contributed by atoms with Crippen LogP contribution in [0.5, 0.6) is 5.75 Å². The number of anilines is 3. The van der Waals surface area contributed by atoms with Gasteiger partial charge in [-0.25, -0.2) is 19.7 Å². The molecule has 10 heteroatoms. The quantitative estimate of drug-likeness (QED) is 0.361. The lowest BCUT2D eigenvalue weighted by Crippen LogP contribution is -2.19. The molecule has 2 heterocycles. The van der Waals surface area contributed by atoms with E-state index in [1.54, 1.807) is 37.6 Å². The van der Waals surface area contributed by atoms with Crippen molar-refractivity contribution in [3.05, 3.63) is 64.9 Å². The molecule has 0 atom stereocenters. The fourth-order valence-corrected chi connectivity index (χ4v) is 3.91. The summed E-state index contributed by atoms with van der Waals surface area (Å²) in [5, 5.41) is 10.8. The Hall–Kier alpha value is -3.43. The first-order chi connectivity index (χ1) is 15.1. The van der Waals surface area contributed by atoms with Crippen LogP contribution in [-0.4, -0.2) is 34.6 Å². The fourth-order valence-electron chi connectivity index (χ4n) is 2.92. The van der Waals surface area contributed by atoms with Gasteiger partial charge in [0.2, 0.25) is 0 Å². The van der Waals surface area contributed by atoms with Gasteiger partial charge in [-0.3, -0.25) is 5.32 Å². The minimum Gasteiger partial charge on any atom is -0.497 e. The number of thiazole rings is 1. The summed E-state index contributed by atoms with van der Waals surface area (Å²) in [4.78, 5) is 26.1. The smallest absolute Gasteiger partial charge is 0.325 e. The van der Waals surface area contributed by atoms with E-state index in [2.05, 4.69) is 30.9 Å². The molecule has 2 amide bonds. The number of carbonyl (C=O) groups excluding carboxylic acids is 1. The van der Waals surface area contributed by atoms with Gasteiger partial charge in [0.15, 0.2) is 5.13 Å². The number of methoxy groups -OCH3 is 1. The third-order valence-electron chi connectivity index (χ3n) is 4.36. The zero-order valence-electron chi connectivity index (χ0n) is 16.6. The topological polar surface area (TPSA) is 101 Å². The van der Waals surface area contributed by atoms with Crippen molar-refractivity contribution < 1.29 is 9.53 Å². The minimum atomic E-state index is -0.371. The summed E-state index contributed by atoms with van der Waals surface area (Å²) >= 11 is 7.35. The molecule has 158 valence electrons. The number of nitrogens with zero attached hydrogens (tertiary/aromatic N) is 3. The Bertz CT molecular complexity index is 1220. The van der Waals surface area contributed by atoms with E-state index in [1.807, 2.05) is 18.2 Å². The van der Waals surface area contributed by atoms with E-state index in [9.17, 15) is 4.79 Å². The van der Waals surface area contributed by atoms with Gasteiger partial charge in [0.25, 0.3) is 0 Å². The Labute approximate surface area is 187 Å². The highest BCUT2D eigenvalue weighted by Gasteiger charge is 2.09. The minimum absolute atomic E-state index is 0.371. The lowest BCUT2D eigenvalue weighted by atomic mass is 10.2. The molecule has 31 heavy (non-hydrogen) atoms. The molecule has 4 aromatic rings. The number of amides is 2. The molecule has 0 aliphatic carbocycles. The van der Waals surface area contributed by atoms with E-state index < -0.39 is 0 Å². The Kier molecular flexibility index (Phi) is 6.44. The lowest BCUT2D eigenvalue weighted by Gasteiger charge is -2.08. The number of halogens is 1. The predicted octanol–water partition coefficient (Wildman–Crippen LogP) is 5.05. The normalized spacial score (nSPS) is 10.6. The second-order valence-electron chi connectivity index (χ2n) is 6.50. The molecule has 0 radical (unpaired) electrons. The molecule has 0 spiro atoms. The summed E-state index contributed by atoms with van der Waals surface area (Å²) in [6.45, 7) is 0.661. The molecule has 2 aromatic heterocycles. The summed E-state index contributed by atoms with van der Waals surface area (Å²) in [6.07, 6.45) is 4.01. The molecular formula is C21H19ClN6O2S. The molecule has 4 rings (SSSR count). The summed E-state index contributed by atoms with van der Waals surface area (Å²) in [5.41, 5.74) is 1.42. The molecule has 0 fully saturated rings. The maximum absolute atomic E-state index is 12.1. The van der Waals surface area contributed by atoms with Crippen LogP contribution in [0.3, 0.4) is 0 Å². The third-order valence-corrected chi connectivity index (χ3v) is 5.57. The summed E-state index contributed by atoms with van der Waals surface area (Å²) in [5.74, 6) is 1.51. The summed E-state index contributed by atoms with van der Waals surface area (Å²) in [7, 11) is 1.63. The number of benzene rings is 2. The van der Waals surface area contributed by atoms with Crippen molar-refractivity contribution in [1.82, 2.24) is 15.0 Å². The second-order valence-corrected chi connectivity index (χ2v) is 8.05. The highest BCUT2D eigenvalue weighted by molar-refractivity contribution is 7.15. The van der Waals surface area contributed by atoms with Crippen molar-refractivity contribution in [3.63, 3.8) is 0 Å². The van der Waals surface area contributed by atoms with Crippen LogP contribution in [0.1, 0.15) is 4.88 Å². The van der Waals surface area contributed by atoms with E-state index >= 15 is 0 Å². The summed E-state index contributed by atoms with van der Waals surface area (Å²) in [6, 6.07) is 12.3. The molecule has 0 aliphatic rings. The number of aromatic nitrogens is 3. The average molecular weight is 455 g/mol. The monoisotopic (exact) mass is 454 g/mol. The van der Waals surface area contributed by atoms with Crippen LogP contribution in [0.4, 0.5) is 21.4 Å². The van der Waals surface area contributed by atoms with Gasteiger partial charge in [0, 0.05) is 46.2 Å². The van der Waals surface area contributed by atoms with Crippen molar-refractivity contribution in [2.45, 2.75) is 6.42 Å². The van der Waals surface area contributed by atoms with E-state index in [0.717, 1.165) is 33.8 Å². The zero-order chi connectivity index (χ0) is 21.6. The molecule has 0 saturated heterocycles. The molecule has 0 aliphatic heterocycles. The fraction of sp³-hybridized carbons (Fsp3) is 0.143. The Morgan fingerprint density at radius 2 is 2.03 bits per heavy atom. The number of nitrogens with one attached hydrogen (secondary N) is 3. The van der Waals surface area contributed by atoms with Crippen LogP contribution in [-0.2, 0) is 6.42 Å². The first-order valence-corrected chi connectivity index (χ1v) is 10.6. The van der Waals surface area contributed by atoms with Crippen LogP contribution in [0.2, 0.25) is 5.02 Å². The van der Waals surface area contributed by atoms with Crippen molar-refractivity contribution in [3.8, 4) is 5.75 Å². The van der Waals surface area contributed by atoms with Gasteiger partial charge in [0.05, 0.1) is 12.6 Å². The number of carbonyl (C=O) groups is 1. The number of fused-ring (bicyclic) bond motifs is 1. The first kappa shape index (κ1) is 20.8. The molecule has 0 saturated carbocycles. The molecule has 0 bridgehead atoms. The van der Waals surface area contributed by atoms with Gasteiger partial charge in [-0.15, -0.1) is 11.3 Å². The van der Waals surface area contributed by atoms with Gasteiger partial charge >= 0.3 is 6.03 Å². The van der Waals surface area contributed by atoms with Gasteiger partial charge in [-0.05, 0) is 30.3 Å². The van der Waals surface area contributed by atoms with Crippen LogP contribution in [0, 0.1) is 0 Å². The Morgan fingerprint density at radius 1 is 1.13 bits per heavy atom. The number of urea groups is 1. The maximum atomic E-state index is 12.1. The van der Waals surface area contributed by atoms with E-state index in [4.69, 9.17) is 16.3 Å². The number of rotatable bonds is 7. The number of ether oxygens (including phenoxy) is 1. The van der Waals surface area contributed by atoms with Gasteiger partial charge < -0.3 is 15.4 Å². The van der Waals surface area contributed by atoms with Crippen LogP contribution >= 0.6 is 22.9 Å². The second kappa shape index (κ2) is 9.59. The molecule has 8 nitrogen and oxygen atoms in total. The van der Waals surface area contributed by atoms with Crippen LogP contribution in [0.15, 0.2) is 55.0 Å². The lowest BCUT2D eigenvalue weighted by molar-refractivity contribution is 0.262. The largest absolute Gasteiger partial charge is 0.497 e. The van der Waals surface area contributed by atoms with Crippen molar-refractivity contribution in [2.24, 2.45) is 0 Å². The molecule has 2 aromatic carbocycles. The van der Waals surface area contributed by atoms with Crippen molar-refractivity contribution in [1.29, 1.82) is 0 Å². The Balaban J connectivity index is 1.31. The van der Waals surface area contributed by atoms with Crippen molar-refractivity contribution >= 4 is 56.5 Å². The standard InChI is InChI=1S/C21H19ClN6O2S/c1-30-15-5-6-17-18(10-15)25-12-26-19(17)23-8-7-16-11-24-21(31-16)28-20(29)27-14-4-2-3-13(22)9-14/h2-6,9-12H,7-8H2,1H3,(H,23,25,26)(H2,24,27,28,29). The van der Waals surface area contributed by atoms with E-state index in [0.29, 0.717) is 22.4 Å². The van der Waals surface area contributed by atoms with Gasteiger partial charge in [0.1, 0.15) is 17.9 Å². The highest BCUT2D eigenvalue weighted by Crippen LogP contribution is 2.24. The molecule has 3 N–H and O–H groups in total. The average Bonchev–Trinajstić information content (AvgIpc) is 3.20. The third kappa shape index (κ3) is 5.39. The molecular weight excluding hydrogens is 436 g/mol. The maximum Gasteiger partial charge on any atom is 0.325 e. The van der Waals surface area contributed by atoms with E-state index in [1.165, 1.54) is 17.7 Å².